The zero-order valence-corrected chi connectivity index (χ0v) is 17.2. The molecule has 1 atom stereocenters. The Morgan fingerprint density at radius 2 is 2.00 bits per heavy atom. The maximum atomic E-state index is 12.7. The molecular formula is C22H24F2N4O3. The number of aromatic nitrogens is 3. The van der Waals surface area contributed by atoms with Crippen LogP contribution in [0.4, 0.5) is 8.78 Å². The van der Waals surface area contributed by atoms with E-state index in [1.54, 1.807) is 0 Å². The van der Waals surface area contributed by atoms with Crippen molar-refractivity contribution in [3.8, 4) is 5.88 Å². The molecule has 1 N–H and O–H groups in total. The molecule has 0 radical (unpaired) electrons. The number of nitrogens with one attached hydrogen (secondary N) is 1. The Hall–Kier alpha value is -2.97. The van der Waals surface area contributed by atoms with Gasteiger partial charge in [-0.15, -0.1) is 0 Å². The first-order valence-corrected chi connectivity index (χ1v) is 10.5. The van der Waals surface area contributed by atoms with E-state index in [-0.39, 0.29) is 47.6 Å². The normalized spacial score (nSPS) is 16.8. The van der Waals surface area contributed by atoms with E-state index in [2.05, 4.69) is 20.3 Å². The fraction of sp³-hybridized carbons (Fsp3) is 0.500. The number of alkyl halides is 2. The number of hydrogen-bond donors (Lipinski definition) is 1. The molecular weight excluding hydrogens is 406 g/mol. The molecule has 7 nitrogen and oxygen atoms in total. The number of halogens is 2. The van der Waals surface area contributed by atoms with Crippen molar-refractivity contribution in [1.82, 2.24) is 20.3 Å². The van der Waals surface area contributed by atoms with Gasteiger partial charge >= 0.3 is 0 Å². The molecule has 0 aromatic carbocycles. The van der Waals surface area contributed by atoms with Gasteiger partial charge in [0.05, 0.1) is 12.5 Å². The maximum absolute atomic E-state index is 12.7. The molecule has 2 saturated carbocycles. The van der Waals surface area contributed by atoms with Crippen LogP contribution in [0.25, 0.3) is 0 Å². The number of nitrogens with zero attached hydrogens (tertiary/aromatic N) is 3. The van der Waals surface area contributed by atoms with Crippen LogP contribution in [0.1, 0.15) is 72.0 Å². The van der Waals surface area contributed by atoms with Crippen LogP contribution in [0.5, 0.6) is 5.88 Å². The van der Waals surface area contributed by atoms with Crippen molar-refractivity contribution >= 4 is 11.7 Å². The van der Waals surface area contributed by atoms with Gasteiger partial charge in [0.25, 0.3) is 12.3 Å². The Morgan fingerprint density at radius 1 is 1.23 bits per heavy atom. The van der Waals surface area contributed by atoms with Gasteiger partial charge in [-0.1, -0.05) is 0 Å². The Bertz CT molecular complexity index is 977. The summed E-state index contributed by atoms with van der Waals surface area (Å²) in [5, 5.41) is 2.87. The summed E-state index contributed by atoms with van der Waals surface area (Å²) in [6, 6.07) is 2.98. The van der Waals surface area contributed by atoms with Gasteiger partial charge in [0, 0.05) is 23.9 Å². The van der Waals surface area contributed by atoms with E-state index in [4.69, 9.17) is 4.74 Å². The Kier molecular flexibility index (Phi) is 6.20. The second-order valence-electron chi connectivity index (χ2n) is 8.11. The van der Waals surface area contributed by atoms with Crippen molar-refractivity contribution in [1.29, 1.82) is 0 Å². The minimum absolute atomic E-state index is 0.110. The quantitative estimate of drug-likeness (QED) is 0.621. The fourth-order valence-electron chi connectivity index (χ4n) is 3.34. The first-order valence-electron chi connectivity index (χ1n) is 10.5. The standard InChI is InChI=1S/C22H24F2N4O3/c1-12(15-8-16(13-2-3-13)22(26-10-15)31-11-19(23)24)27-21(30)17-6-7-25-20(28-17)9-18(29)14-4-5-14/h6-8,10,12-14,19H,2-5,9,11H2,1H3,(H,27,30). The number of carbonyl (C=O) groups is 2. The summed E-state index contributed by atoms with van der Waals surface area (Å²) in [6.45, 7) is 1.11. The van der Waals surface area contributed by atoms with Gasteiger partial charge in [-0.25, -0.2) is 23.7 Å². The first kappa shape index (κ1) is 21.3. The molecule has 2 aliphatic rings. The molecule has 9 heteroatoms. The van der Waals surface area contributed by atoms with Crippen LogP contribution in [0.2, 0.25) is 0 Å². The minimum atomic E-state index is -2.57. The predicted octanol–water partition coefficient (Wildman–Crippen LogP) is 3.41. The molecule has 2 aromatic rings. The van der Waals surface area contributed by atoms with Crippen LogP contribution in [-0.4, -0.2) is 39.7 Å². The number of carbonyl (C=O) groups excluding carboxylic acids is 2. The fourth-order valence-corrected chi connectivity index (χ4v) is 3.34. The van der Waals surface area contributed by atoms with Crippen LogP contribution < -0.4 is 10.1 Å². The molecule has 0 spiro atoms. The lowest BCUT2D eigenvalue weighted by molar-refractivity contribution is -0.119. The first-order chi connectivity index (χ1) is 14.9. The molecule has 4 rings (SSSR count). The number of rotatable bonds is 10. The molecule has 0 bridgehead atoms. The molecule has 31 heavy (non-hydrogen) atoms. The van der Waals surface area contributed by atoms with Gasteiger partial charge in [0.15, 0.2) is 6.61 Å². The smallest absolute Gasteiger partial charge is 0.272 e. The highest BCUT2D eigenvalue weighted by Crippen LogP contribution is 2.44. The topological polar surface area (TPSA) is 94.1 Å². The monoisotopic (exact) mass is 430 g/mol. The molecule has 2 aromatic heterocycles. The highest BCUT2D eigenvalue weighted by molar-refractivity contribution is 5.92. The lowest BCUT2D eigenvalue weighted by Gasteiger charge is -2.17. The van der Waals surface area contributed by atoms with E-state index < -0.39 is 13.0 Å². The second-order valence-corrected chi connectivity index (χ2v) is 8.11. The van der Waals surface area contributed by atoms with Gasteiger partial charge in [-0.2, -0.15) is 0 Å². The van der Waals surface area contributed by atoms with Crippen LogP contribution in [0.3, 0.4) is 0 Å². The molecule has 2 fully saturated rings. The van der Waals surface area contributed by atoms with Gasteiger partial charge < -0.3 is 10.1 Å². The van der Waals surface area contributed by atoms with Crippen molar-refractivity contribution in [3.63, 3.8) is 0 Å². The number of ketones is 1. The van der Waals surface area contributed by atoms with E-state index >= 15 is 0 Å². The number of amides is 1. The minimum Gasteiger partial charge on any atom is -0.471 e. The predicted molar refractivity (Wildman–Crippen MR) is 107 cm³/mol. The Labute approximate surface area is 178 Å². The summed E-state index contributed by atoms with van der Waals surface area (Å²) in [4.78, 5) is 37.2. The summed E-state index contributed by atoms with van der Waals surface area (Å²) in [5.74, 6) is 0.652. The van der Waals surface area contributed by atoms with Gasteiger partial charge in [0.2, 0.25) is 5.88 Å². The lowest BCUT2D eigenvalue weighted by Crippen LogP contribution is -2.28. The van der Waals surface area contributed by atoms with Crippen LogP contribution in [-0.2, 0) is 11.2 Å². The highest BCUT2D eigenvalue weighted by atomic mass is 19.3. The number of pyridine rings is 1. The van der Waals surface area contributed by atoms with E-state index in [0.29, 0.717) is 5.82 Å². The number of ether oxygens (including phenoxy) is 1. The average Bonchev–Trinajstić information content (AvgIpc) is 3.64. The molecule has 1 amide bonds. The van der Waals surface area contributed by atoms with Crippen molar-refractivity contribution in [2.24, 2.45) is 5.92 Å². The molecule has 2 aliphatic carbocycles. The van der Waals surface area contributed by atoms with Crippen LogP contribution in [0.15, 0.2) is 24.5 Å². The lowest BCUT2D eigenvalue weighted by atomic mass is 10.1. The third-order valence-electron chi connectivity index (χ3n) is 5.41. The van der Waals surface area contributed by atoms with Crippen molar-refractivity contribution in [2.75, 3.05) is 6.61 Å². The van der Waals surface area contributed by atoms with Crippen LogP contribution >= 0.6 is 0 Å². The van der Waals surface area contributed by atoms with Gasteiger partial charge in [-0.05, 0) is 56.2 Å². The summed E-state index contributed by atoms with van der Waals surface area (Å²) >= 11 is 0. The third-order valence-corrected chi connectivity index (χ3v) is 5.41. The number of Topliss-reactive ketones (excluding diaryl/α,β-unsaturated/α-hetero) is 1. The highest BCUT2D eigenvalue weighted by Gasteiger charge is 2.30. The van der Waals surface area contributed by atoms with Crippen molar-refractivity contribution in [3.05, 3.63) is 47.2 Å². The summed E-state index contributed by atoms with van der Waals surface area (Å²) < 4.78 is 30.1. The van der Waals surface area contributed by atoms with E-state index in [0.717, 1.165) is 36.8 Å². The summed E-state index contributed by atoms with van der Waals surface area (Å²) in [6.07, 6.45) is 4.32. The van der Waals surface area contributed by atoms with Crippen molar-refractivity contribution < 1.29 is 23.1 Å². The van der Waals surface area contributed by atoms with Crippen LogP contribution in [0, 0.1) is 5.92 Å². The van der Waals surface area contributed by atoms with E-state index in [1.807, 2.05) is 13.0 Å². The second kappa shape index (κ2) is 9.03. The molecule has 1 unspecified atom stereocenters. The summed E-state index contributed by atoms with van der Waals surface area (Å²) in [5.41, 5.74) is 1.73. The molecule has 2 heterocycles. The Morgan fingerprint density at radius 3 is 2.68 bits per heavy atom. The number of hydrogen-bond acceptors (Lipinski definition) is 6. The Balaban J connectivity index is 1.42. The SMILES string of the molecule is CC(NC(=O)c1ccnc(CC(=O)C2CC2)n1)c1cnc(OCC(F)F)c(C2CC2)c1. The van der Waals surface area contributed by atoms with E-state index in [9.17, 15) is 18.4 Å². The molecule has 164 valence electrons. The zero-order chi connectivity index (χ0) is 22.0. The maximum Gasteiger partial charge on any atom is 0.272 e. The summed E-state index contributed by atoms with van der Waals surface area (Å²) in [7, 11) is 0. The third kappa shape index (κ3) is 5.59. The van der Waals surface area contributed by atoms with Gasteiger partial charge in [0.1, 0.15) is 17.3 Å². The zero-order valence-electron chi connectivity index (χ0n) is 17.2. The molecule has 0 saturated heterocycles. The average molecular weight is 430 g/mol. The van der Waals surface area contributed by atoms with E-state index in [1.165, 1.54) is 18.5 Å². The van der Waals surface area contributed by atoms with Crippen molar-refractivity contribution in [2.45, 2.75) is 57.4 Å². The molecule has 0 aliphatic heterocycles. The van der Waals surface area contributed by atoms with Gasteiger partial charge in [-0.3, -0.25) is 9.59 Å². The largest absolute Gasteiger partial charge is 0.471 e.